The van der Waals surface area contributed by atoms with Crippen molar-refractivity contribution in [3.05, 3.63) is 50.9 Å². The number of ketones is 1. The van der Waals surface area contributed by atoms with E-state index in [9.17, 15) is 14.3 Å². The van der Waals surface area contributed by atoms with Gasteiger partial charge >= 0.3 is 0 Å². The Hall–Kier alpha value is -1.85. The minimum atomic E-state index is -0.631. The molecule has 0 aliphatic carbocycles. The van der Waals surface area contributed by atoms with Gasteiger partial charge in [-0.25, -0.2) is 4.39 Å². The molecule has 0 saturated heterocycles. The summed E-state index contributed by atoms with van der Waals surface area (Å²) in [7, 11) is 0. The first-order chi connectivity index (χ1) is 9.08. The van der Waals surface area contributed by atoms with Crippen molar-refractivity contribution in [3.63, 3.8) is 0 Å². The Morgan fingerprint density at radius 3 is 2.89 bits per heavy atom. The summed E-state index contributed by atoms with van der Waals surface area (Å²) >= 11 is 6.93. The van der Waals surface area contributed by atoms with Crippen LogP contribution in [0, 0.1) is 5.82 Å². The molecule has 2 heterocycles. The monoisotopic (exact) mass is 295 g/mol. The van der Waals surface area contributed by atoms with Gasteiger partial charge in [-0.2, -0.15) is 0 Å². The van der Waals surface area contributed by atoms with Crippen LogP contribution >= 0.6 is 22.9 Å². The second kappa shape index (κ2) is 4.36. The van der Waals surface area contributed by atoms with Crippen LogP contribution in [-0.2, 0) is 0 Å². The number of thiophene rings is 1. The summed E-state index contributed by atoms with van der Waals surface area (Å²) in [6, 6.07) is 5.88. The molecule has 2 N–H and O–H groups in total. The van der Waals surface area contributed by atoms with E-state index in [4.69, 9.17) is 11.6 Å². The van der Waals surface area contributed by atoms with Crippen molar-refractivity contribution in [2.75, 3.05) is 0 Å². The normalized spacial score (nSPS) is 11.1. The number of halogens is 2. The van der Waals surface area contributed by atoms with Gasteiger partial charge in [-0.1, -0.05) is 17.7 Å². The number of aromatic nitrogens is 1. The SMILES string of the molecule is O=C(c1cccs1)c1c(O)[nH]c2cc(Cl)c(F)cc12. The Balaban J connectivity index is 2.26. The molecule has 19 heavy (non-hydrogen) atoms. The van der Waals surface area contributed by atoms with Crippen LogP contribution in [0.1, 0.15) is 15.2 Å². The molecular weight excluding hydrogens is 289 g/mol. The topological polar surface area (TPSA) is 53.1 Å². The highest BCUT2D eigenvalue weighted by Gasteiger charge is 2.21. The van der Waals surface area contributed by atoms with Crippen molar-refractivity contribution in [1.82, 2.24) is 4.98 Å². The van der Waals surface area contributed by atoms with E-state index in [1.807, 2.05) is 0 Å². The van der Waals surface area contributed by atoms with Crippen molar-refractivity contribution in [2.24, 2.45) is 0 Å². The second-order valence-electron chi connectivity index (χ2n) is 3.97. The highest BCUT2D eigenvalue weighted by atomic mass is 35.5. The van der Waals surface area contributed by atoms with Gasteiger partial charge in [-0.05, 0) is 23.6 Å². The van der Waals surface area contributed by atoms with Crippen LogP contribution in [0.2, 0.25) is 5.02 Å². The predicted molar refractivity (Wildman–Crippen MR) is 72.7 cm³/mol. The van der Waals surface area contributed by atoms with Crippen LogP contribution in [0.15, 0.2) is 29.6 Å². The molecule has 0 fully saturated rings. The summed E-state index contributed by atoms with van der Waals surface area (Å²) < 4.78 is 13.5. The molecule has 0 aliphatic rings. The van der Waals surface area contributed by atoms with E-state index in [-0.39, 0.29) is 22.2 Å². The lowest BCUT2D eigenvalue weighted by Gasteiger charge is -1.98. The third kappa shape index (κ3) is 1.91. The largest absolute Gasteiger partial charge is 0.494 e. The standard InChI is InChI=1S/C13H7ClFNO2S/c14-7-5-9-6(4-8(7)15)11(13(18)16-9)12(17)10-2-1-3-19-10/h1-5,16,18H. The average molecular weight is 296 g/mol. The molecule has 1 aromatic carbocycles. The minimum absolute atomic E-state index is 0.0630. The number of hydrogen-bond acceptors (Lipinski definition) is 3. The molecule has 0 radical (unpaired) electrons. The number of rotatable bonds is 2. The summed E-state index contributed by atoms with van der Waals surface area (Å²) in [5.74, 6) is -1.26. The third-order valence-electron chi connectivity index (χ3n) is 2.79. The first-order valence-corrected chi connectivity index (χ1v) is 6.61. The van der Waals surface area contributed by atoms with Crippen molar-refractivity contribution >= 4 is 39.6 Å². The molecule has 0 bridgehead atoms. The van der Waals surface area contributed by atoms with Crippen molar-refractivity contribution in [3.8, 4) is 5.88 Å². The zero-order valence-corrected chi connectivity index (χ0v) is 11.0. The lowest BCUT2D eigenvalue weighted by atomic mass is 10.1. The zero-order valence-electron chi connectivity index (χ0n) is 9.41. The van der Waals surface area contributed by atoms with Crippen LogP contribution in [0.25, 0.3) is 10.9 Å². The first-order valence-electron chi connectivity index (χ1n) is 5.36. The fourth-order valence-electron chi connectivity index (χ4n) is 1.94. The van der Waals surface area contributed by atoms with E-state index >= 15 is 0 Å². The molecule has 0 unspecified atom stereocenters. The van der Waals surface area contributed by atoms with Crippen molar-refractivity contribution in [1.29, 1.82) is 0 Å². The van der Waals surface area contributed by atoms with Gasteiger partial charge in [0.1, 0.15) is 5.82 Å². The number of fused-ring (bicyclic) bond motifs is 1. The van der Waals surface area contributed by atoms with E-state index < -0.39 is 5.82 Å². The Bertz CT molecular complexity index is 780. The number of carbonyl (C=O) groups is 1. The predicted octanol–water partition coefficient (Wildman–Crippen LogP) is 3.96. The molecule has 0 aliphatic heterocycles. The molecule has 96 valence electrons. The molecule has 0 amide bonds. The Kier molecular flexibility index (Phi) is 2.80. The third-order valence-corrected chi connectivity index (χ3v) is 3.95. The van der Waals surface area contributed by atoms with E-state index in [0.717, 1.165) is 6.07 Å². The van der Waals surface area contributed by atoms with Gasteiger partial charge in [0.25, 0.3) is 0 Å². The van der Waals surface area contributed by atoms with E-state index in [1.165, 1.54) is 17.4 Å². The fraction of sp³-hybridized carbons (Fsp3) is 0. The van der Waals surface area contributed by atoms with E-state index in [2.05, 4.69) is 4.98 Å². The van der Waals surface area contributed by atoms with Crippen LogP contribution in [0.5, 0.6) is 5.88 Å². The number of H-pyrrole nitrogens is 1. The second-order valence-corrected chi connectivity index (χ2v) is 5.32. The molecule has 3 aromatic rings. The molecule has 3 nitrogen and oxygen atoms in total. The maximum Gasteiger partial charge on any atom is 0.208 e. The van der Waals surface area contributed by atoms with Crippen LogP contribution in [0.4, 0.5) is 4.39 Å². The smallest absolute Gasteiger partial charge is 0.208 e. The first kappa shape index (κ1) is 12.2. The molecule has 0 saturated carbocycles. The van der Waals surface area contributed by atoms with Crippen molar-refractivity contribution < 1.29 is 14.3 Å². The van der Waals surface area contributed by atoms with E-state index in [0.29, 0.717) is 15.8 Å². The highest BCUT2D eigenvalue weighted by molar-refractivity contribution is 7.12. The Labute approximate surface area is 116 Å². The molecule has 0 spiro atoms. The van der Waals surface area contributed by atoms with Gasteiger partial charge in [0.2, 0.25) is 11.7 Å². The maximum atomic E-state index is 13.5. The lowest BCUT2D eigenvalue weighted by Crippen LogP contribution is -1.97. The highest BCUT2D eigenvalue weighted by Crippen LogP contribution is 2.33. The zero-order chi connectivity index (χ0) is 13.6. The summed E-state index contributed by atoms with van der Waals surface area (Å²) in [5, 5.41) is 11.9. The average Bonchev–Trinajstić information content (AvgIpc) is 2.97. The minimum Gasteiger partial charge on any atom is -0.494 e. The molecule has 2 aromatic heterocycles. The maximum absolute atomic E-state index is 13.5. The Morgan fingerprint density at radius 2 is 2.21 bits per heavy atom. The number of carbonyl (C=O) groups excluding carboxylic acids is 1. The van der Waals surface area contributed by atoms with Crippen molar-refractivity contribution in [2.45, 2.75) is 0 Å². The number of hydrogen-bond donors (Lipinski definition) is 2. The van der Waals surface area contributed by atoms with Gasteiger partial charge in [0, 0.05) is 5.39 Å². The van der Waals surface area contributed by atoms with Crippen LogP contribution in [-0.4, -0.2) is 15.9 Å². The quantitative estimate of drug-likeness (QED) is 0.703. The van der Waals surface area contributed by atoms with Gasteiger partial charge < -0.3 is 10.1 Å². The van der Waals surface area contributed by atoms with Gasteiger partial charge in [-0.3, -0.25) is 4.79 Å². The molecular formula is C13H7ClFNO2S. The molecule has 6 heteroatoms. The summed E-state index contributed by atoms with van der Waals surface area (Å²) in [6.45, 7) is 0. The number of aromatic hydroxyl groups is 1. The van der Waals surface area contributed by atoms with Crippen LogP contribution in [0.3, 0.4) is 0 Å². The molecule has 3 rings (SSSR count). The summed E-state index contributed by atoms with van der Waals surface area (Å²) in [4.78, 5) is 15.4. The number of aromatic amines is 1. The Morgan fingerprint density at radius 1 is 1.42 bits per heavy atom. The van der Waals surface area contributed by atoms with Gasteiger partial charge in [0.05, 0.1) is 21.0 Å². The number of benzene rings is 1. The molecule has 0 atom stereocenters. The number of nitrogens with one attached hydrogen (secondary N) is 1. The fourth-order valence-corrected chi connectivity index (χ4v) is 2.77. The summed E-state index contributed by atoms with van der Waals surface area (Å²) in [5.41, 5.74) is 0.483. The summed E-state index contributed by atoms with van der Waals surface area (Å²) in [6.07, 6.45) is 0. The lowest BCUT2D eigenvalue weighted by molar-refractivity contribution is 0.104. The van der Waals surface area contributed by atoms with Crippen LogP contribution < -0.4 is 0 Å². The van der Waals surface area contributed by atoms with Gasteiger partial charge in [0.15, 0.2) is 0 Å². The van der Waals surface area contributed by atoms with E-state index in [1.54, 1.807) is 17.5 Å². The van der Waals surface area contributed by atoms with Gasteiger partial charge in [-0.15, -0.1) is 11.3 Å².